The molecule has 216 valence electrons. The minimum atomic E-state index is -4.90. The first-order valence-electron chi connectivity index (χ1n) is 12.6. The molecule has 2 aliphatic rings. The number of hydrogen-bond donors (Lipinski definition) is 1. The third-order valence-corrected chi connectivity index (χ3v) is 7.64. The number of anilines is 2. The number of ether oxygens (including phenoxy) is 2. The lowest BCUT2D eigenvalue weighted by Crippen LogP contribution is -2.51. The van der Waals surface area contributed by atoms with Crippen LogP contribution in [-0.2, 0) is 10.3 Å². The first-order valence-corrected chi connectivity index (χ1v) is 13.4. The van der Waals surface area contributed by atoms with E-state index in [0.29, 0.717) is 32.5 Å². The molecule has 0 fully saturated rings. The van der Waals surface area contributed by atoms with Crippen LogP contribution < -0.4 is 19.7 Å². The molecule has 8 nitrogen and oxygen atoms in total. The lowest BCUT2D eigenvalue weighted by Gasteiger charge is -2.35. The number of fused-ring (bicyclic) bond motifs is 4. The van der Waals surface area contributed by atoms with E-state index in [1.54, 1.807) is 47.0 Å². The third kappa shape index (κ3) is 4.10. The van der Waals surface area contributed by atoms with E-state index in [1.807, 2.05) is 13.8 Å². The van der Waals surface area contributed by atoms with E-state index in [2.05, 4.69) is 10.1 Å². The number of halogens is 5. The summed E-state index contributed by atoms with van der Waals surface area (Å²) in [5.41, 5.74) is 0.124. The molecule has 1 spiro atoms. The molecule has 13 heteroatoms. The van der Waals surface area contributed by atoms with Gasteiger partial charge >= 0.3 is 6.36 Å². The van der Waals surface area contributed by atoms with Crippen molar-refractivity contribution in [1.29, 1.82) is 0 Å². The monoisotopic (exact) mass is 616 g/mol. The number of hydrogen-bond acceptors (Lipinski definition) is 5. The molecule has 1 unspecified atom stereocenters. The smallest absolute Gasteiger partial charge is 0.496 e. The van der Waals surface area contributed by atoms with Crippen LogP contribution in [0.5, 0.6) is 11.5 Å². The van der Waals surface area contributed by atoms with Crippen molar-refractivity contribution < 1.29 is 32.2 Å². The van der Waals surface area contributed by atoms with Crippen molar-refractivity contribution in [3.8, 4) is 22.9 Å². The van der Waals surface area contributed by atoms with Gasteiger partial charge in [-0.05, 0) is 56.3 Å². The number of alkyl halides is 3. The first-order chi connectivity index (χ1) is 19.9. The van der Waals surface area contributed by atoms with E-state index in [0.717, 1.165) is 12.1 Å². The largest absolute Gasteiger partial charge is 0.573 e. The zero-order valence-electron chi connectivity index (χ0n) is 22.2. The second kappa shape index (κ2) is 9.67. The Labute approximate surface area is 247 Å². The highest BCUT2D eigenvalue weighted by atomic mass is 35.5. The van der Waals surface area contributed by atoms with Crippen LogP contribution in [-0.4, -0.2) is 34.8 Å². The Morgan fingerprint density at radius 1 is 1.00 bits per heavy atom. The average molecular weight is 617 g/mol. The topological polar surface area (TPSA) is 85.7 Å². The molecule has 1 atom stereocenters. The third-order valence-electron chi connectivity index (χ3n) is 7.17. The molecule has 4 aromatic rings. The van der Waals surface area contributed by atoms with Gasteiger partial charge in [-0.1, -0.05) is 35.3 Å². The van der Waals surface area contributed by atoms with Crippen LogP contribution in [0, 0.1) is 0 Å². The van der Waals surface area contributed by atoms with Crippen molar-refractivity contribution in [2.24, 2.45) is 0 Å². The lowest BCUT2D eigenvalue weighted by atomic mass is 9.87. The average Bonchev–Trinajstić information content (AvgIpc) is 3.51. The molecule has 1 aromatic heterocycles. The first kappa shape index (κ1) is 27.9. The number of methoxy groups -OCH3 is 1. The van der Waals surface area contributed by atoms with E-state index >= 15 is 0 Å². The molecule has 2 amide bonds. The van der Waals surface area contributed by atoms with Crippen LogP contribution in [0.4, 0.5) is 24.5 Å². The Morgan fingerprint density at radius 3 is 2.40 bits per heavy atom. The summed E-state index contributed by atoms with van der Waals surface area (Å²) in [6, 6.07) is 14.7. The number of amides is 2. The molecule has 0 saturated heterocycles. The molecule has 0 radical (unpaired) electrons. The van der Waals surface area contributed by atoms with Crippen molar-refractivity contribution in [1.82, 2.24) is 9.55 Å². The fourth-order valence-electron chi connectivity index (χ4n) is 5.69. The highest BCUT2D eigenvalue weighted by Crippen LogP contribution is 2.55. The fourth-order valence-corrected chi connectivity index (χ4v) is 6.05. The van der Waals surface area contributed by atoms with Gasteiger partial charge in [0.1, 0.15) is 17.3 Å². The Balaban J connectivity index is 1.65. The predicted octanol–water partition coefficient (Wildman–Crippen LogP) is 7.20. The number of imidazole rings is 1. The van der Waals surface area contributed by atoms with Gasteiger partial charge in [0.2, 0.25) is 0 Å². The SMILES string of the molecule is COc1cc(OC(F)(F)F)ccc1-c1nc2c(n1C(C)C)C1(C(=O)Nc3cc(Cl)ccc31)N(c1cccc(Cl)c1)C2=O. The summed E-state index contributed by atoms with van der Waals surface area (Å²) in [6.45, 7) is 3.68. The lowest BCUT2D eigenvalue weighted by molar-refractivity contribution is -0.274. The van der Waals surface area contributed by atoms with Gasteiger partial charge in [-0.2, -0.15) is 0 Å². The highest BCUT2D eigenvalue weighted by molar-refractivity contribution is 6.32. The van der Waals surface area contributed by atoms with Crippen molar-refractivity contribution in [3.63, 3.8) is 0 Å². The number of carbonyl (C=O) groups excluding carboxylic acids is 2. The van der Waals surface area contributed by atoms with Crippen molar-refractivity contribution in [2.45, 2.75) is 31.8 Å². The molecule has 2 aliphatic heterocycles. The minimum absolute atomic E-state index is 0.00528. The second-order valence-electron chi connectivity index (χ2n) is 9.98. The summed E-state index contributed by atoms with van der Waals surface area (Å²) in [4.78, 5) is 34.6. The molecular formula is C29H21Cl2F3N4O4. The van der Waals surface area contributed by atoms with E-state index < -0.39 is 29.5 Å². The molecule has 3 aromatic carbocycles. The van der Waals surface area contributed by atoms with Gasteiger partial charge in [0, 0.05) is 39.1 Å². The standard InChI is InChI=1S/C29H21Cl2F3N4O4/c1-14(2)37-24-23(36-25(37)19-9-8-18(13-22(19)41-3)42-29(32,33)34)26(39)38(17-6-4-5-15(30)11-17)28(24)20-10-7-16(31)12-21(20)35-27(28)40/h4-14H,1-3H3,(H,35,40). The maximum atomic E-state index is 14.3. The molecule has 1 N–H and O–H groups in total. The van der Waals surface area contributed by atoms with Gasteiger partial charge in [0.15, 0.2) is 11.2 Å². The summed E-state index contributed by atoms with van der Waals surface area (Å²) in [6.07, 6.45) is -4.90. The quantitative estimate of drug-likeness (QED) is 0.256. The molecule has 3 heterocycles. The Bertz CT molecular complexity index is 1790. The van der Waals surface area contributed by atoms with Crippen LogP contribution in [0.3, 0.4) is 0 Å². The normalized spacial score (nSPS) is 17.6. The highest BCUT2D eigenvalue weighted by Gasteiger charge is 2.64. The second-order valence-corrected chi connectivity index (χ2v) is 10.9. The Kier molecular flexibility index (Phi) is 6.43. The van der Waals surface area contributed by atoms with E-state index in [1.165, 1.54) is 18.1 Å². The molecule has 0 bridgehead atoms. The summed E-state index contributed by atoms with van der Waals surface area (Å²) >= 11 is 12.6. The molecule has 42 heavy (non-hydrogen) atoms. The predicted molar refractivity (Wildman–Crippen MR) is 150 cm³/mol. The van der Waals surface area contributed by atoms with Gasteiger partial charge in [-0.15, -0.1) is 13.2 Å². The van der Waals surface area contributed by atoms with Crippen LogP contribution in [0.2, 0.25) is 10.0 Å². The maximum absolute atomic E-state index is 14.3. The number of rotatable bonds is 5. The fraction of sp³-hybridized carbons (Fsp3) is 0.207. The Morgan fingerprint density at radius 2 is 1.74 bits per heavy atom. The zero-order chi connectivity index (χ0) is 30.1. The van der Waals surface area contributed by atoms with Crippen LogP contribution in [0.15, 0.2) is 60.7 Å². The van der Waals surface area contributed by atoms with E-state index in [4.69, 9.17) is 32.9 Å². The molecule has 0 aliphatic carbocycles. The zero-order valence-corrected chi connectivity index (χ0v) is 23.7. The van der Waals surface area contributed by atoms with Gasteiger partial charge in [-0.3, -0.25) is 14.5 Å². The summed E-state index contributed by atoms with van der Waals surface area (Å²) < 4.78 is 49.9. The van der Waals surface area contributed by atoms with Crippen LogP contribution in [0.1, 0.15) is 41.6 Å². The maximum Gasteiger partial charge on any atom is 0.573 e. The minimum Gasteiger partial charge on any atom is -0.496 e. The number of benzene rings is 3. The summed E-state index contributed by atoms with van der Waals surface area (Å²) in [5, 5.41) is 3.61. The van der Waals surface area contributed by atoms with Crippen LogP contribution >= 0.6 is 23.2 Å². The van der Waals surface area contributed by atoms with Gasteiger partial charge < -0.3 is 19.4 Å². The molecular weight excluding hydrogens is 596 g/mol. The summed E-state index contributed by atoms with van der Waals surface area (Å²) in [7, 11) is 1.30. The number of nitrogens with zero attached hydrogens (tertiary/aromatic N) is 3. The number of aromatic nitrogens is 2. The van der Waals surface area contributed by atoms with Gasteiger partial charge in [0.25, 0.3) is 11.8 Å². The number of nitrogens with one attached hydrogen (secondary N) is 1. The Hall–Kier alpha value is -4.22. The van der Waals surface area contributed by atoms with Gasteiger partial charge in [0.05, 0.1) is 18.4 Å². The molecule has 6 rings (SSSR count). The number of carbonyl (C=O) groups is 2. The molecule has 0 saturated carbocycles. The van der Waals surface area contributed by atoms with E-state index in [9.17, 15) is 22.8 Å². The van der Waals surface area contributed by atoms with Crippen LogP contribution in [0.25, 0.3) is 11.4 Å². The van der Waals surface area contributed by atoms with Crippen molar-refractivity contribution >= 4 is 46.4 Å². The summed E-state index contributed by atoms with van der Waals surface area (Å²) in [5.74, 6) is -1.32. The van der Waals surface area contributed by atoms with E-state index in [-0.39, 0.29) is 29.0 Å². The van der Waals surface area contributed by atoms with Crippen molar-refractivity contribution in [3.05, 3.63) is 87.7 Å². The van der Waals surface area contributed by atoms with Crippen molar-refractivity contribution in [2.75, 3.05) is 17.3 Å². The van der Waals surface area contributed by atoms with Gasteiger partial charge in [-0.25, -0.2) is 4.98 Å².